The van der Waals surface area contributed by atoms with Gasteiger partial charge in [-0.15, -0.1) is 0 Å². The van der Waals surface area contributed by atoms with Gasteiger partial charge in [-0.2, -0.15) is 4.31 Å². The number of anilines is 1. The Labute approximate surface area is 169 Å². The van der Waals surface area contributed by atoms with Crippen LogP contribution in [0.15, 0.2) is 51.8 Å². The lowest BCUT2D eigenvalue weighted by Crippen LogP contribution is -2.27. The zero-order valence-electron chi connectivity index (χ0n) is 14.2. The van der Waals surface area contributed by atoms with Crippen LogP contribution in [0.3, 0.4) is 0 Å². The van der Waals surface area contributed by atoms with E-state index in [9.17, 15) is 13.2 Å². The molecule has 1 saturated heterocycles. The van der Waals surface area contributed by atoms with Crippen molar-refractivity contribution in [3.05, 3.63) is 52.5 Å². The zero-order valence-corrected chi connectivity index (χ0v) is 17.4. The third-order valence-corrected chi connectivity index (χ3v) is 7.69. The van der Waals surface area contributed by atoms with E-state index in [2.05, 4.69) is 26.2 Å². The van der Waals surface area contributed by atoms with Crippen molar-refractivity contribution in [1.29, 1.82) is 0 Å². The standard InChI is InChI=1S/C18H16BrN3O3S2/c19-13-5-3-4-12(10-13)17(23)21-18-20-15-7-6-14(11-16(15)26-18)27(24,25)22-8-1-2-9-22/h3-7,10-11H,1-2,8-9H2,(H,20,21,23). The first-order valence-corrected chi connectivity index (χ1v) is 11.5. The molecule has 0 atom stereocenters. The van der Waals surface area contributed by atoms with Gasteiger partial charge in [0.25, 0.3) is 5.91 Å². The Kier molecular flexibility index (Phi) is 5.02. The molecule has 0 unspecified atom stereocenters. The van der Waals surface area contributed by atoms with Gasteiger partial charge in [0.1, 0.15) is 0 Å². The third-order valence-electron chi connectivity index (χ3n) is 4.37. The summed E-state index contributed by atoms with van der Waals surface area (Å²) < 4.78 is 28.5. The van der Waals surface area contributed by atoms with Gasteiger partial charge in [0.2, 0.25) is 10.0 Å². The molecule has 0 bridgehead atoms. The van der Waals surface area contributed by atoms with E-state index in [1.807, 2.05) is 6.07 Å². The van der Waals surface area contributed by atoms with Crippen molar-refractivity contribution < 1.29 is 13.2 Å². The van der Waals surface area contributed by atoms with Crippen LogP contribution in [0.2, 0.25) is 0 Å². The Hall–Kier alpha value is -1.81. The molecule has 140 valence electrons. The molecule has 9 heteroatoms. The number of rotatable bonds is 4. The van der Waals surface area contributed by atoms with Gasteiger partial charge in [-0.1, -0.05) is 33.3 Å². The number of thiazole rings is 1. The number of nitrogens with one attached hydrogen (secondary N) is 1. The molecule has 1 aromatic heterocycles. The average molecular weight is 466 g/mol. The number of amides is 1. The normalized spacial score (nSPS) is 15.3. The number of nitrogens with zero attached hydrogens (tertiary/aromatic N) is 2. The molecular formula is C18H16BrN3O3S2. The van der Waals surface area contributed by atoms with Crippen LogP contribution in [-0.4, -0.2) is 36.7 Å². The first-order valence-electron chi connectivity index (χ1n) is 8.41. The lowest BCUT2D eigenvalue weighted by molar-refractivity contribution is 0.102. The topological polar surface area (TPSA) is 79.4 Å². The Morgan fingerprint density at radius 3 is 2.67 bits per heavy atom. The van der Waals surface area contributed by atoms with Gasteiger partial charge in [-0.25, -0.2) is 13.4 Å². The van der Waals surface area contributed by atoms with Gasteiger partial charge in [0.15, 0.2) is 5.13 Å². The molecule has 0 saturated carbocycles. The van der Waals surface area contributed by atoms with Gasteiger partial charge in [-0.3, -0.25) is 10.1 Å². The van der Waals surface area contributed by atoms with Crippen LogP contribution >= 0.6 is 27.3 Å². The van der Waals surface area contributed by atoms with Gasteiger partial charge < -0.3 is 0 Å². The van der Waals surface area contributed by atoms with Crippen molar-refractivity contribution >= 4 is 58.5 Å². The van der Waals surface area contributed by atoms with E-state index in [1.165, 1.54) is 15.6 Å². The highest BCUT2D eigenvalue weighted by atomic mass is 79.9. The Morgan fingerprint density at radius 1 is 1.15 bits per heavy atom. The molecule has 1 aliphatic rings. The molecule has 6 nitrogen and oxygen atoms in total. The maximum Gasteiger partial charge on any atom is 0.257 e. The van der Waals surface area contributed by atoms with E-state index < -0.39 is 10.0 Å². The van der Waals surface area contributed by atoms with Gasteiger partial charge in [0, 0.05) is 23.1 Å². The molecule has 27 heavy (non-hydrogen) atoms. The predicted molar refractivity (Wildman–Crippen MR) is 110 cm³/mol. The summed E-state index contributed by atoms with van der Waals surface area (Å²) in [7, 11) is -3.47. The Balaban J connectivity index is 1.60. The minimum Gasteiger partial charge on any atom is -0.298 e. The fourth-order valence-corrected chi connectivity index (χ4v) is 5.91. The fraction of sp³-hybridized carbons (Fsp3) is 0.222. The smallest absolute Gasteiger partial charge is 0.257 e. The molecule has 2 aromatic carbocycles. The second-order valence-corrected chi connectivity index (χ2v) is 10.1. The van der Waals surface area contributed by atoms with E-state index in [-0.39, 0.29) is 10.8 Å². The van der Waals surface area contributed by atoms with E-state index in [1.54, 1.807) is 36.4 Å². The van der Waals surface area contributed by atoms with Crippen molar-refractivity contribution in [1.82, 2.24) is 9.29 Å². The number of benzene rings is 2. The number of carbonyl (C=O) groups excluding carboxylic acids is 1. The zero-order chi connectivity index (χ0) is 19.0. The molecule has 0 aliphatic carbocycles. The monoisotopic (exact) mass is 465 g/mol. The summed E-state index contributed by atoms with van der Waals surface area (Å²) in [5.41, 5.74) is 1.17. The van der Waals surface area contributed by atoms with Crippen LogP contribution in [-0.2, 0) is 10.0 Å². The maximum absolute atomic E-state index is 12.7. The van der Waals surface area contributed by atoms with Crippen LogP contribution < -0.4 is 5.32 Å². The summed E-state index contributed by atoms with van der Waals surface area (Å²) in [6, 6.07) is 12.0. The highest BCUT2D eigenvalue weighted by Gasteiger charge is 2.27. The molecule has 1 N–H and O–H groups in total. The number of carbonyl (C=O) groups is 1. The van der Waals surface area contributed by atoms with Crippen molar-refractivity contribution in [3.8, 4) is 0 Å². The number of sulfonamides is 1. The minimum atomic E-state index is -3.47. The predicted octanol–water partition coefficient (Wildman–Crippen LogP) is 4.10. The van der Waals surface area contributed by atoms with Crippen LogP contribution in [0.1, 0.15) is 23.2 Å². The Morgan fingerprint density at radius 2 is 1.93 bits per heavy atom. The van der Waals surface area contributed by atoms with Crippen molar-refractivity contribution in [2.75, 3.05) is 18.4 Å². The summed E-state index contributed by atoms with van der Waals surface area (Å²) >= 11 is 4.60. The van der Waals surface area contributed by atoms with Crippen LogP contribution in [0.4, 0.5) is 5.13 Å². The quantitative estimate of drug-likeness (QED) is 0.628. The number of fused-ring (bicyclic) bond motifs is 1. The SMILES string of the molecule is O=C(Nc1nc2ccc(S(=O)(=O)N3CCCC3)cc2s1)c1cccc(Br)c1. The van der Waals surface area contributed by atoms with Gasteiger partial charge >= 0.3 is 0 Å². The lowest BCUT2D eigenvalue weighted by atomic mass is 10.2. The average Bonchev–Trinajstić information content (AvgIpc) is 3.30. The van der Waals surface area contributed by atoms with Gasteiger partial charge in [0.05, 0.1) is 15.1 Å². The molecule has 3 aromatic rings. The first kappa shape index (κ1) is 18.5. The molecular weight excluding hydrogens is 450 g/mol. The first-order chi connectivity index (χ1) is 12.9. The number of aromatic nitrogens is 1. The van der Waals surface area contributed by atoms with E-state index in [0.717, 1.165) is 22.0 Å². The van der Waals surface area contributed by atoms with Crippen molar-refractivity contribution in [2.24, 2.45) is 0 Å². The van der Waals surface area contributed by atoms with Crippen LogP contribution in [0, 0.1) is 0 Å². The number of halogens is 1. The van der Waals surface area contributed by atoms with Crippen molar-refractivity contribution in [2.45, 2.75) is 17.7 Å². The summed E-state index contributed by atoms with van der Waals surface area (Å²) in [5.74, 6) is -0.264. The highest BCUT2D eigenvalue weighted by molar-refractivity contribution is 9.10. The molecule has 0 radical (unpaired) electrons. The van der Waals surface area contributed by atoms with Gasteiger partial charge in [-0.05, 0) is 49.2 Å². The Bertz CT molecular complexity index is 1120. The molecule has 4 rings (SSSR count). The summed E-state index contributed by atoms with van der Waals surface area (Å²) in [5, 5.41) is 3.21. The molecule has 1 aliphatic heterocycles. The molecule has 0 spiro atoms. The van der Waals surface area contributed by atoms with E-state index >= 15 is 0 Å². The summed E-state index contributed by atoms with van der Waals surface area (Å²) in [4.78, 5) is 17.0. The van der Waals surface area contributed by atoms with Crippen LogP contribution in [0.25, 0.3) is 10.2 Å². The number of hydrogen-bond acceptors (Lipinski definition) is 5. The highest BCUT2D eigenvalue weighted by Crippen LogP contribution is 2.30. The van der Waals surface area contributed by atoms with E-state index in [0.29, 0.717) is 29.3 Å². The third kappa shape index (κ3) is 3.77. The maximum atomic E-state index is 12.7. The number of hydrogen-bond donors (Lipinski definition) is 1. The molecule has 1 fully saturated rings. The largest absolute Gasteiger partial charge is 0.298 e. The molecule has 1 amide bonds. The summed E-state index contributed by atoms with van der Waals surface area (Å²) in [6.07, 6.45) is 1.79. The second-order valence-electron chi connectivity index (χ2n) is 6.22. The van der Waals surface area contributed by atoms with E-state index in [4.69, 9.17) is 0 Å². The summed E-state index contributed by atoms with van der Waals surface area (Å²) in [6.45, 7) is 1.13. The molecule has 2 heterocycles. The minimum absolute atomic E-state index is 0.264. The van der Waals surface area contributed by atoms with Crippen LogP contribution in [0.5, 0.6) is 0 Å². The second kappa shape index (κ2) is 7.31. The van der Waals surface area contributed by atoms with Crippen molar-refractivity contribution in [3.63, 3.8) is 0 Å². The fourth-order valence-electron chi connectivity index (χ4n) is 3.00. The lowest BCUT2D eigenvalue weighted by Gasteiger charge is -2.15.